The fourth-order valence-electron chi connectivity index (χ4n) is 2.77. The lowest BCUT2D eigenvalue weighted by molar-refractivity contribution is -0.118. The normalized spacial score (nSPS) is 11.4. The number of nitrogens with zero attached hydrogens (tertiary/aromatic N) is 1. The van der Waals surface area contributed by atoms with Crippen LogP contribution in [0.15, 0.2) is 71.6 Å². The number of halogens is 3. The van der Waals surface area contributed by atoms with Crippen molar-refractivity contribution in [1.82, 2.24) is 4.31 Å². The molecular formula is C22H19Cl3N2O4S. The van der Waals surface area contributed by atoms with E-state index in [0.29, 0.717) is 11.4 Å². The van der Waals surface area contributed by atoms with Gasteiger partial charge < -0.3 is 10.1 Å². The van der Waals surface area contributed by atoms with Gasteiger partial charge in [0.1, 0.15) is 5.75 Å². The van der Waals surface area contributed by atoms with E-state index in [1.807, 2.05) is 30.3 Å². The molecule has 3 aromatic carbocycles. The van der Waals surface area contributed by atoms with Crippen molar-refractivity contribution in [2.45, 2.75) is 11.4 Å². The molecule has 32 heavy (non-hydrogen) atoms. The largest absolute Gasteiger partial charge is 0.484 e. The zero-order valence-electron chi connectivity index (χ0n) is 16.9. The lowest BCUT2D eigenvalue weighted by Gasteiger charge is -2.17. The van der Waals surface area contributed by atoms with Gasteiger partial charge in [0.05, 0.1) is 25.7 Å². The molecular weight excluding hydrogens is 495 g/mol. The molecule has 0 saturated heterocycles. The van der Waals surface area contributed by atoms with Crippen LogP contribution in [0.4, 0.5) is 5.69 Å². The van der Waals surface area contributed by atoms with Gasteiger partial charge >= 0.3 is 0 Å². The zero-order valence-corrected chi connectivity index (χ0v) is 20.0. The Morgan fingerprint density at radius 3 is 2.22 bits per heavy atom. The third kappa shape index (κ3) is 6.15. The van der Waals surface area contributed by atoms with Crippen molar-refractivity contribution >= 4 is 56.4 Å². The van der Waals surface area contributed by atoms with E-state index < -0.39 is 15.9 Å². The standard InChI is InChI=1S/C22H19Cl3N2O4S/c1-27(13-15-5-3-2-4-6-15)32(29,30)17-9-7-16(8-10-17)31-14-22(28)26-21-12-19(24)18(23)11-20(21)25/h2-12H,13-14H2,1H3,(H,26,28). The number of anilines is 1. The first-order valence-corrected chi connectivity index (χ1v) is 11.9. The first kappa shape index (κ1) is 24.4. The maximum atomic E-state index is 12.8. The van der Waals surface area contributed by atoms with Crippen molar-refractivity contribution in [2.24, 2.45) is 0 Å². The molecule has 0 unspecified atom stereocenters. The molecule has 0 aliphatic rings. The molecule has 0 aliphatic carbocycles. The lowest BCUT2D eigenvalue weighted by atomic mass is 10.2. The van der Waals surface area contributed by atoms with Crippen LogP contribution in [0.1, 0.15) is 5.56 Å². The van der Waals surface area contributed by atoms with E-state index in [1.54, 1.807) is 0 Å². The van der Waals surface area contributed by atoms with Gasteiger partial charge in [-0.25, -0.2) is 8.42 Å². The summed E-state index contributed by atoms with van der Waals surface area (Å²) in [4.78, 5) is 12.3. The van der Waals surface area contributed by atoms with E-state index in [-0.39, 0.29) is 33.1 Å². The summed E-state index contributed by atoms with van der Waals surface area (Å²) in [5.74, 6) is -0.130. The zero-order chi connectivity index (χ0) is 23.3. The van der Waals surface area contributed by atoms with Crippen LogP contribution in [-0.4, -0.2) is 32.3 Å². The van der Waals surface area contributed by atoms with Crippen LogP contribution in [0.3, 0.4) is 0 Å². The second kappa shape index (κ2) is 10.6. The van der Waals surface area contributed by atoms with Gasteiger partial charge in [0, 0.05) is 13.6 Å². The van der Waals surface area contributed by atoms with E-state index >= 15 is 0 Å². The summed E-state index contributed by atoms with van der Waals surface area (Å²) in [5.41, 5.74) is 1.18. The molecule has 10 heteroatoms. The molecule has 168 valence electrons. The van der Waals surface area contributed by atoms with Crippen molar-refractivity contribution in [3.05, 3.63) is 87.4 Å². The Bertz CT molecular complexity index is 1200. The number of rotatable bonds is 8. The summed E-state index contributed by atoms with van der Waals surface area (Å²) in [7, 11) is -2.16. The molecule has 0 aliphatic heterocycles. The third-order valence-electron chi connectivity index (χ3n) is 4.43. The highest BCUT2D eigenvalue weighted by atomic mass is 35.5. The van der Waals surface area contributed by atoms with Crippen LogP contribution in [-0.2, 0) is 21.4 Å². The monoisotopic (exact) mass is 512 g/mol. The third-order valence-corrected chi connectivity index (χ3v) is 7.29. The van der Waals surface area contributed by atoms with Crippen LogP contribution < -0.4 is 10.1 Å². The fraction of sp³-hybridized carbons (Fsp3) is 0.136. The van der Waals surface area contributed by atoms with E-state index in [0.717, 1.165) is 5.56 Å². The van der Waals surface area contributed by atoms with E-state index in [4.69, 9.17) is 39.5 Å². The SMILES string of the molecule is CN(Cc1ccccc1)S(=O)(=O)c1ccc(OCC(=O)Nc2cc(Cl)c(Cl)cc2Cl)cc1. The van der Waals surface area contributed by atoms with Crippen LogP contribution in [0.25, 0.3) is 0 Å². The number of carbonyl (C=O) groups excluding carboxylic acids is 1. The van der Waals surface area contributed by atoms with Gasteiger partial charge in [0.25, 0.3) is 5.91 Å². The number of ether oxygens (including phenoxy) is 1. The highest BCUT2D eigenvalue weighted by molar-refractivity contribution is 7.89. The maximum absolute atomic E-state index is 12.8. The average Bonchev–Trinajstić information content (AvgIpc) is 2.77. The Balaban J connectivity index is 1.59. The molecule has 0 fully saturated rings. The van der Waals surface area contributed by atoms with Crippen LogP contribution in [0.2, 0.25) is 15.1 Å². The van der Waals surface area contributed by atoms with Crippen LogP contribution in [0, 0.1) is 0 Å². The first-order valence-electron chi connectivity index (χ1n) is 9.34. The van der Waals surface area contributed by atoms with Gasteiger partial charge in [-0.05, 0) is 42.0 Å². The minimum atomic E-state index is -3.68. The maximum Gasteiger partial charge on any atom is 0.262 e. The molecule has 0 aromatic heterocycles. The van der Waals surface area contributed by atoms with Crippen molar-refractivity contribution in [2.75, 3.05) is 19.0 Å². The second-order valence-electron chi connectivity index (χ2n) is 6.80. The molecule has 1 N–H and O–H groups in total. The highest BCUT2D eigenvalue weighted by Crippen LogP contribution is 2.32. The molecule has 0 bridgehead atoms. The minimum absolute atomic E-state index is 0.121. The van der Waals surface area contributed by atoms with E-state index in [2.05, 4.69) is 5.32 Å². The molecule has 0 radical (unpaired) electrons. The predicted molar refractivity (Wildman–Crippen MR) is 127 cm³/mol. The fourth-order valence-corrected chi connectivity index (χ4v) is 4.52. The van der Waals surface area contributed by atoms with E-state index in [9.17, 15) is 13.2 Å². The number of benzene rings is 3. The smallest absolute Gasteiger partial charge is 0.262 e. The van der Waals surface area contributed by atoms with Crippen molar-refractivity contribution < 1.29 is 17.9 Å². The first-order chi connectivity index (χ1) is 15.2. The van der Waals surface area contributed by atoms with E-state index in [1.165, 1.54) is 47.8 Å². The van der Waals surface area contributed by atoms with Crippen molar-refractivity contribution in [3.63, 3.8) is 0 Å². The lowest BCUT2D eigenvalue weighted by Crippen LogP contribution is -2.26. The molecule has 0 atom stereocenters. The summed E-state index contributed by atoms with van der Waals surface area (Å²) in [6, 6.07) is 18.0. The predicted octanol–water partition coefficient (Wildman–Crippen LogP) is 5.49. The van der Waals surface area contributed by atoms with Crippen LogP contribution in [0.5, 0.6) is 5.75 Å². The highest BCUT2D eigenvalue weighted by Gasteiger charge is 2.21. The molecule has 3 aromatic rings. The Morgan fingerprint density at radius 2 is 1.56 bits per heavy atom. The van der Waals surface area contributed by atoms with Gasteiger partial charge in [-0.2, -0.15) is 4.31 Å². The number of nitrogens with one attached hydrogen (secondary N) is 1. The van der Waals surface area contributed by atoms with Gasteiger partial charge in [-0.15, -0.1) is 0 Å². The summed E-state index contributed by atoms with van der Waals surface area (Å²) < 4.78 is 32.3. The average molecular weight is 514 g/mol. The summed E-state index contributed by atoms with van der Waals surface area (Å²) in [5, 5.41) is 3.34. The molecule has 0 saturated carbocycles. The summed E-state index contributed by atoms with van der Waals surface area (Å²) >= 11 is 17.8. The number of amides is 1. The van der Waals surface area contributed by atoms with Gasteiger partial charge in [-0.3, -0.25) is 4.79 Å². The van der Waals surface area contributed by atoms with Crippen molar-refractivity contribution in [1.29, 1.82) is 0 Å². The molecule has 1 amide bonds. The molecule has 3 rings (SSSR count). The van der Waals surface area contributed by atoms with Gasteiger partial charge in [-0.1, -0.05) is 65.1 Å². The number of hydrogen-bond acceptors (Lipinski definition) is 4. The van der Waals surface area contributed by atoms with Crippen molar-refractivity contribution in [3.8, 4) is 5.75 Å². The number of sulfonamides is 1. The minimum Gasteiger partial charge on any atom is -0.484 e. The topological polar surface area (TPSA) is 75.7 Å². The molecule has 0 heterocycles. The summed E-state index contributed by atoms with van der Waals surface area (Å²) in [6.07, 6.45) is 0. The van der Waals surface area contributed by atoms with Gasteiger partial charge in [0.15, 0.2) is 6.61 Å². The second-order valence-corrected chi connectivity index (χ2v) is 10.1. The Morgan fingerprint density at radius 1 is 0.938 bits per heavy atom. The quantitative estimate of drug-likeness (QED) is 0.404. The summed E-state index contributed by atoms with van der Waals surface area (Å²) in [6.45, 7) is -0.0601. The Hall–Kier alpha value is -2.29. The molecule has 6 nitrogen and oxygen atoms in total. The Labute approximate surface area is 201 Å². The number of hydrogen-bond donors (Lipinski definition) is 1. The van der Waals surface area contributed by atoms with Crippen LogP contribution >= 0.6 is 34.8 Å². The number of carbonyl (C=O) groups is 1. The Kier molecular flexibility index (Phi) is 8.03. The molecule has 0 spiro atoms. The van der Waals surface area contributed by atoms with Gasteiger partial charge in [0.2, 0.25) is 10.0 Å².